The maximum Gasteiger partial charge on any atom is 0.192 e. The molecule has 0 amide bonds. The molecule has 5 heteroatoms. The number of nitrogen functional groups attached to an aromatic ring is 1. The smallest absolute Gasteiger partial charge is 0.192 e. The normalized spacial score (nSPS) is 10.9. The fourth-order valence-electron chi connectivity index (χ4n) is 1.44. The third kappa shape index (κ3) is 1.28. The number of aromatic nitrogens is 3. The lowest BCUT2D eigenvalue weighted by Gasteiger charge is -1.93. The van der Waals surface area contributed by atoms with E-state index < -0.39 is 0 Å². The van der Waals surface area contributed by atoms with E-state index in [0.717, 1.165) is 16.3 Å². The summed E-state index contributed by atoms with van der Waals surface area (Å²) in [6.45, 7) is 0. The Labute approximate surface area is 90.0 Å². The molecule has 0 bridgehead atoms. The standard InChI is InChI=1S/C10H8N4S/c11-8-4-1-5-9-12-10(13-14(8)9)7-3-2-6-15-7/h1-6H,11H2. The summed E-state index contributed by atoms with van der Waals surface area (Å²) in [6.07, 6.45) is 0. The van der Waals surface area contributed by atoms with Crippen LogP contribution in [-0.2, 0) is 0 Å². The summed E-state index contributed by atoms with van der Waals surface area (Å²) in [4.78, 5) is 5.45. The number of anilines is 1. The summed E-state index contributed by atoms with van der Waals surface area (Å²) in [6, 6.07) is 9.54. The SMILES string of the molecule is Nc1cccc2nc(-c3cccs3)nn12. The molecule has 0 aromatic carbocycles. The molecule has 0 radical (unpaired) electrons. The van der Waals surface area contributed by atoms with E-state index in [1.165, 1.54) is 0 Å². The highest BCUT2D eigenvalue weighted by atomic mass is 32.1. The number of hydrogen-bond acceptors (Lipinski definition) is 4. The first-order valence-corrected chi connectivity index (χ1v) is 5.38. The van der Waals surface area contributed by atoms with E-state index in [9.17, 15) is 0 Å². The monoisotopic (exact) mass is 216 g/mol. The topological polar surface area (TPSA) is 56.2 Å². The van der Waals surface area contributed by atoms with Crippen LogP contribution in [0.2, 0.25) is 0 Å². The lowest BCUT2D eigenvalue weighted by molar-refractivity contribution is 0.980. The molecule has 0 atom stereocenters. The number of nitrogens with two attached hydrogens (primary N) is 1. The Balaban J connectivity index is 2.27. The summed E-state index contributed by atoms with van der Waals surface area (Å²) < 4.78 is 1.65. The van der Waals surface area contributed by atoms with Crippen molar-refractivity contribution in [3.8, 4) is 10.7 Å². The van der Waals surface area contributed by atoms with Gasteiger partial charge < -0.3 is 5.73 Å². The van der Waals surface area contributed by atoms with Crippen LogP contribution in [0.25, 0.3) is 16.3 Å². The van der Waals surface area contributed by atoms with Gasteiger partial charge in [-0.3, -0.25) is 0 Å². The van der Waals surface area contributed by atoms with Gasteiger partial charge in [0.15, 0.2) is 11.5 Å². The number of pyridine rings is 1. The number of hydrogen-bond donors (Lipinski definition) is 1. The molecule has 3 aromatic rings. The number of thiophene rings is 1. The first-order chi connectivity index (χ1) is 7.34. The van der Waals surface area contributed by atoms with Gasteiger partial charge in [-0.2, -0.15) is 4.52 Å². The number of nitrogens with zero attached hydrogens (tertiary/aromatic N) is 3. The molecule has 0 unspecified atom stereocenters. The van der Waals surface area contributed by atoms with Crippen LogP contribution < -0.4 is 5.73 Å². The Hall–Kier alpha value is -1.88. The molecule has 0 saturated heterocycles. The van der Waals surface area contributed by atoms with Gasteiger partial charge in [-0.05, 0) is 23.6 Å². The van der Waals surface area contributed by atoms with Gasteiger partial charge in [-0.1, -0.05) is 12.1 Å². The van der Waals surface area contributed by atoms with Crippen LogP contribution in [0.4, 0.5) is 5.82 Å². The molecule has 0 aliphatic carbocycles. The Morgan fingerprint density at radius 3 is 2.87 bits per heavy atom. The zero-order valence-corrected chi connectivity index (χ0v) is 8.61. The van der Waals surface area contributed by atoms with Crippen LogP contribution >= 0.6 is 11.3 Å². The molecule has 0 fully saturated rings. The fraction of sp³-hybridized carbons (Fsp3) is 0. The Kier molecular flexibility index (Phi) is 1.72. The predicted octanol–water partition coefficient (Wildman–Crippen LogP) is 2.04. The van der Waals surface area contributed by atoms with Gasteiger partial charge in [0, 0.05) is 0 Å². The third-order valence-corrected chi connectivity index (χ3v) is 3.00. The zero-order chi connectivity index (χ0) is 10.3. The lowest BCUT2D eigenvalue weighted by Crippen LogP contribution is -1.96. The van der Waals surface area contributed by atoms with Crippen molar-refractivity contribution >= 4 is 22.8 Å². The molecule has 3 heterocycles. The maximum absolute atomic E-state index is 5.79. The van der Waals surface area contributed by atoms with Crippen LogP contribution in [0.1, 0.15) is 0 Å². The molecule has 0 saturated carbocycles. The second kappa shape index (κ2) is 3.06. The molecule has 3 aromatic heterocycles. The second-order valence-corrected chi connectivity index (χ2v) is 4.08. The molecular formula is C10H8N4S. The largest absolute Gasteiger partial charge is 0.384 e. The fourth-order valence-corrected chi connectivity index (χ4v) is 2.09. The van der Waals surface area contributed by atoms with Gasteiger partial charge in [0.1, 0.15) is 5.82 Å². The molecule has 0 spiro atoms. The van der Waals surface area contributed by atoms with Crippen molar-refractivity contribution < 1.29 is 0 Å². The van der Waals surface area contributed by atoms with Crippen LogP contribution in [-0.4, -0.2) is 14.6 Å². The highest BCUT2D eigenvalue weighted by Gasteiger charge is 2.07. The van der Waals surface area contributed by atoms with E-state index in [4.69, 9.17) is 5.73 Å². The van der Waals surface area contributed by atoms with Crippen molar-refractivity contribution in [1.29, 1.82) is 0 Å². The van der Waals surface area contributed by atoms with E-state index >= 15 is 0 Å². The van der Waals surface area contributed by atoms with E-state index in [1.807, 2.05) is 29.6 Å². The van der Waals surface area contributed by atoms with Crippen LogP contribution in [0.3, 0.4) is 0 Å². The summed E-state index contributed by atoms with van der Waals surface area (Å²) in [5, 5.41) is 6.35. The van der Waals surface area contributed by atoms with Gasteiger partial charge in [0.05, 0.1) is 4.88 Å². The molecule has 2 N–H and O–H groups in total. The van der Waals surface area contributed by atoms with Crippen molar-refractivity contribution in [2.75, 3.05) is 5.73 Å². The Morgan fingerprint density at radius 1 is 1.20 bits per heavy atom. The summed E-state index contributed by atoms with van der Waals surface area (Å²) in [5.74, 6) is 1.32. The van der Waals surface area contributed by atoms with Gasteiger partial charge in [0.2, 0.25) is 0 Å². The lowest BCUT2D eigenvalue weighted by atomic mass is 10.4. The first kappa shape index (κ1) is 8.43. The molecule has 15 heavy (non-hydrogen) atoms. The molecule has 0 aliphatic heterocycles. The van der Waals surface area contributed by atoms with Crippen LogP contribution in [0, 0.1) is 0 Å². The van der Waals surface area contributed by atoms with Gasteiger partial charge >= 0.3 is 0 Å². The Morgan fingerprint density at radius 2 is 2.13 bits per heavy atom. The van der Waals surface area contributed by atoms with Crippen LogP contribution in [0.15, 0.2) is 35.7 Å². The van der Waals surface area contributed by atoms with Crippen molar-refractivity contribution in [3.63, 3.8) is 0 Å². The Bertz CT molecular complexity index is 597. The molecule has 3 rings (SSSR count). The third-order valence-electron chi connectivity index (χ3n) is 2.13. The second-order valence-electron chi connectivity index (χ2n) is 3.13. The van der Waals surface area contributed by atoms with Crippen molar-refractivity contribution in [3.05, 3.63) is 35.7 Å². The van der Waals surface area contributed by atoms with E-state index in [0.29, 0.717) is 5.82 Å². The summed E-state index contributed by atoms with van der Waals surface area (Å²) >= 11 is 1.62. The minimum Gasteiger partial charge on any atom is -0.384 e. The molecular weight excluding hydrogens is 208 g/mol. The van der Waals surface area contributed by atoms with E-state index in [-0.39, 0.29) is 0 Å². The van der Waals surface area contributed by atoms with Crippen molar-refractivity contribution in [2.45, 2.75) is 0 Å². The number of fused-ring (bicyclic) bond motifs is 1. The minimum atomic E-state index is 0.600. The van der Waals surface area contributed by atoms with Crippen LogP contribution in [0.5, 0.6) is 0 Å². The first-order valence-electron chi connectivity index (χ1n) is 4.50. The summed E-state index contributed by atoms with van der Waals surface area (Å²) in [5.41, 5.74) is 6.56. The zero-order valence-electron chi connectivity index (χ0n) is 7.79. The van der Waals surface area contributed by atoms with Crippen molar-refractivity contribution in [2.24, 2.45) is 0 Å². The average molecular weight is 216 g/mol. The quantitative estimate of drug-likeness (QED) is 0.677. The highest BCUT2D eigenvalue weighted by molar-refractivity contribution is 7.13. The average Bonchev–Trinajstić information content (AvgIpc) is 2.86. The van der Waals surface area contributed by atoms with E-state index in [1.54, 1.807) is 21.9 Å². The number of rotatable bonds is 1. The van der Waals surface area contributed by atoms with E-state index in [2.05, 4.69) is 10.1 Å². The predicted molar refractivity (Wildman–Crippen MR) is 60.7 cm³/mol. The van der Waals surface area contributed by atoms with Crippen molar-refractivity contribution in [1.82, 2.24) is 14.6 Å². The van der Waals surface area contributed by atoms with Gasteiger partial charge in [-0.25, -0.2) is 4.98 Å². The molecule has 4 nitrogen and oxygen atoms in total. The highest BCUT2D eigenvalue weighted by Crippen LogP contribution is 2.22. The summed E-state index contributed by atoms with van der Waals surface area (Å²) in [7, 11) is 0. The maximum atomic E-state index is 5.79. The molecule has 74 valence electrons. The van der Waals surface area contributed by atoms with Gasteiger partial charge in [-0.15, -0.1) is 16.4 Å². The molecule has 0 aliphatic rings. The minimum absolute atomic E-state index is 0.600. The van der Waals surface area contributed by atoms with Gasteiger partial charge in [0.25, 0.3) is 0 Å².